The molecule has 0 radical (unpaired) electrons. The highest BCUT2D eigenvalue weighted by molar-refractivity contribution is 6.21. The summed E-state index contributed by atoms with van der Waals surface area (Å²) in [5.74, 6) is 0.253. The lowest BCUT2D eigenvalue weighted by Crippen LogP contribution is -2.40. The average Bonchev–Trinajstić information content (AvgIpc) is 2.63. The first-order valence-electron chi connectivity index (χ1n) is 6.17. The minimum atomic E-state index is -0.148. The van der Waals surface area contributed by atoms with Crippen LogP contribution in [-0.2, 0) is 0 Å². The molecule has 94 valence electrons. The Morgan fingerprint density at radius 3 is 2.88 bits per heavy atom. The molecule has 2 unspecified atom stereocenters. The molecule has 1 aliphatic carbocycles. The molecule has 0 spiro atoms. The smallest absolute Gasteiger partial charge is 0.287 e. The Morgan fingerprint density at radius 1 is 1.41 bits per heavy atom. The van der Waals surface area contributed by atoms with E-state index in [1.54, 1.807) is 6.07 Å². The van der Waals surface area contributed by atoms with E-state index in [0.717, 1.165) is 31.2 Å². The van der Waals surface area contributed by atoms with Gasteiger partial charge in [-0.25, -0.2) is 0 Å². The monoisotopic (exact) mass is 255 g/mol. The second-order valence-corrected chi connectivity index (χ2v) is 5.23. The van der Waals surface area contributed by atoms with Crippen LogP contribution in [0.4, 0.5) is 0 Å². The standard InChI is InChI=1S/C13H18ClNO2/c1-9-7-8-17-12(9)13(16)15-11-6-4-2-3-5-10(11)14/h7-8,10-11H,2-6H2,1H3,(H,15,16). The Morgan fingerprint density at radius 2 is 2.18 bits per heavy atom. The molecule has 1 fully saturated rings. The van der Waals surface area contributed by atoms with Crippen molar-refractivity contribution >= 4 is 17.5 Å². The van der Waals surface area contributed by atoms with Crippen LogP contribution in [0.3, 0.4) is 0 Å². The summed E-state index contributed by atoms with van der Waals surface area (Å²) in [4.78, 5) is 12.0. The minimum absolute atomic E-state index is 0.0386. The van der Waals surface area contributed by atoms with E-state index in [9.17, 15) is 4.79 Å². The van der Waals surface area contributed by atoms with E-state index in [4.69, 9.17) is 16.0 Å². The number of furan rings is 1. The van der Waals surface area contributed by atoms with E-state index in [0.29, 0.717) is 5.76 Å². The van der Waals surface area contributed by atoms with Crippen molar-refractivity contribution in [3.8, 4) is 0 Å². The van der Waals surface area contributed by atoms with Crippen molar-refractivity contribution in [2.24, 2.45) is 0 Å². The van der Waals surface area contributed by atoms with Gasteiger partial charge in [-0.1, -0.05) is 19.3 Å². The lowest BCUT2D eigenvalue weighted by Gasteiger charge is -2.20. The van der Waals surface area contributed by atoms with Gasteiger partial charge < -0.3 is 9.73 Å². The molecule has 1 heterocycles. The molecule has 2 atom stereocenters. The van der Waals surface area contributed by atoms with Crippen LogP contribution in [0.5, 0.6) is 0 Å². The third-order valence-corrected chi connectivity index (χ3v) is 3.84. The zero-order chi connectivity index (χ0) is 12.3. The fourth-order valence-electron chi connectivity index (χ4n) is 2.26. The fraction of sp³-hybridized carbons (Fsp3) is 0.615. The molecule has 0 aliphatic heterocycles. The predicted molar refractivity (Wildman–Crippen MR) is 67.4 cm³/mol. The molecule has 0 bridgehead atoms. The van der Waals surface area contributed by atoms with Gasteiger partial charge in [-0.3, -0.25) is 4.79 Å². The van der Waals surface area contributed by atoms with Crippen LogP contribution in [0, 0.1) is 6.92 Å². The van der Waals surface area contributed by atoms with Gasteiger partial charge >= 0.3 is 0 Å². The van der Waals surface area contributed by atoms with Crippen LogP contribution in [0.2, 0.25) is 0 Å². The molecule has 0 aromatic carbocycles. The number of carbonyl (C=O) groups excluding carboxylic acids is 1. The Labute approximate surface area is 107 Å². The van der Waals surface area contributed by atoms with Crippen LogP contribution in [-0.4, -0.2) is 17.3 Å². The maximum Gasteiger partial charge on any atom is 0.287 e. The Balaban J connectivity index is 2.00. The molecule has 3 nitrogen and oxygen atoms in total. The Hall–Kier alpha value is -0.960. The molecule has 1 amide bonds. The second kappa shape index (κ2) is 5.58. The minimum Gasteiger partial charge on any atom is -0.459 e. The summed E-state index contributed by atoms with van der Waals surface area (Å²) < 4.78 is 5.18. The van der Waals surface area contributed by atoms with Gasteiger partial charge in [0.25, 0.3) is 5.91 Å². The quantitative estimate of drug-likeness (QED) is 0.651. The number of amides is 1. The lowest BCUT2D eigenvalue weighted by molar-refractivity contribution is 0.0905. The SMILES string of the molecule is Cc1ccoc1C(=O)NC1CCCCCC1Cl. The van der Waals surface area contributed by atoms with Gasteiger partial charge in [-0.15, -0.1) is 11.6 Å². The summed E-state index contributed by atoms with van der Waals surface area (Å²) >= 11 is 6.29. The van der Waals surface area contributed by atoms with Crippen LogP contribution in [0.25, 0.3) is 0 Å². The van der Waals surface area contributed by atoms with E-state index >= 15 is 0 Å². The van der Waals surface area contributed by atoms with Crippen LogP contribution in [0.1, 0.15) is 48.2 Å². The van der Waals surface area contributed by atoms with Gasteiger partial charge in [0.05, 0.1) is 11.6 Å². The van der Waals surface area contributed by atoms with Gasteiger partial charge in [0.2, 0.25) is 0 Å². The number of hydrogen-bond donors (Lipinski definition) is 1. The number of rotatable bonds is 2. The topological polar surface area (TPSA) is 42.2 Å². The molecule has 1 saturated carbocycles. The van der Waals surface area contributed by atoms with Crippen LogP contribution in [0.15, 0.2) is 16.7 Å². The van der Waals surface area contributed by atoms with Crippen molar-refractivity contribution in [1.29, 1.82) is 0 Å². The summed E-state index contributed by atoms with van der Waals surface area (Å²) in [6.45, 7) is 1.86. The lowest BCUT2D eigenvalue weighted by atomic mass is 10.1. The first kappa shape index (κ1) is 12.5. The Bertz CT molecular complexity index is 389. The first-order chi connectivity index (χ1) is 8.18. The fourth-order valence-corrected chi connectivity index (χ4v) is 2.61. The number of nitrogens with one attached hydrogen (secondary N) is 1. The molecular formula is C13H18ClNO2. The van der Waals surface area contributed by atoms with Crippen molar-refractivity contribution in [3.63, 3.8) is 0 Å². The van der Waals surface area contributed by atoms with E-state index in [-0.39, 0.29) is 17.3 Å². The van der Waals surface area contributed by atoms with Crippen molar-refractivity contribution in [3.05, 3.63) is 23.7 Å². The zero-order valence-electron chi connectivity index (χ0n) is 10.0. The molecule has 2 rings (SSSR count). The number of halogens is 1. The van der Waals surface area contributed by atoms with Crippen molar-refractivity contribution < 1.29 is 9.21 Å². The van der Waals surface area contributed by atoms with E-state index in [1.807, 2.05) is 6.92 Å². The molecular weight excluding hydrogens is 238 g/mol. The van der Waals surface area contributed by atoms with Gasteiger partial charge in [-0.05, 0) is 25.8 Å². The number of aryl methyl sites for hydroxylation is 1. The summed E-state index contributed by atoms with van der Waals surface area (Å²) in [7, 11) is 0. The molecule has 0 saturated heterocycles. The summed E-state index contributed by atoms with van der Waals surface area (Å²) in [6.07, 6.45) is 6.96. The number of hydrogen-bond acceptors (Lipinski definition) is 2. The molecule has 1 aromatic heterocycles. The number of carbonyl (C=O) groups is 1. The third kappa shape index (κ3) is 3.03. The van der Waals surface area contributed by atoms with E-state index in [2.05, 4.69) is 5.32 Å². The Kier molecular flexibility index (Phi) is 4.11. The molecule has 4 heteroatoms. The predicted octanol–water partition coefficient (Wildman–Crippen LogP) is 3.26. The van der Waals surface area contributed by atoms with Crippen molar-refractivity contribution in [2.45, 2.75) is 50.4 Å². The van der Waals surface area contributed by atoms with E-state index in [1.165, 1.54) is 12.7 Å². The summed E-state index contributed by atoms with van der Waals surface area (Å²) in [5.41, 5.74) is 0.863. The average molecular weight is 256 g/mol. The summed E-state index contributed by atoms with van der Waals surface area (Å²) in [6, 6.07) is 1.86. The van der Waals surface area contributed by atoms with E-state index < -0.39 is 0 Å². The molecule has 1 aliphatic rings. The van der Waals surface area contributed by atoms with Gasteiger partial charge in [0.15, 0.2) is 5.76 Å². The van der Waals surface area contributed by atoms with Crippen molar-refractivity contribution in [1.82, 2.24) is 5.32 Å². The normalized spacial score (nSPS) is 25.3. The van der Waals surface area contributed by atoms with Gasteiger partial charge in [0, 0.05) is 11.6 Å². The largest absolute Gasteiger partial charge is 0.459 e. The van der Waals surface area contributed by atoms with Gasteiger partial charge in [0.1, 0.15) is 0 Å². The summed E-state index contributed by atoms with van der Waals surface area (Å²) in [5, 5.41) is 3.03. The van der Waals surface area contributed by atoms with Crippen LogP contribution >= 0.6 is 11.6 Å². The number of alkyl halides is 1. The zero-order valence-corrected chi connectivity index (χ0v) is 10.8. The van der Waals surface area contributed by atoms with Gasteiger partial charge in [-0.2, -0.15) is 0 Å². The highest BCUT2D eigenvalue weighted by Gasteiger charge is 2.25. The maximum absolute atomic E-state index is 12.0. The van der Waals surface area contributed by atoms with Crippen molar-refractivity contribution in [2.75, 3.05) is 0 Å². The maximum atomic E-state index is 12.0. The highest BCUT2D eigenvalue weighted by atomic mass is 35.5. The molecule has 1 aromatic rings. The third-order valence-electron chi connectivity index (χ3n) is 3.32. The molecule has 17 heavy (non-hydrogen) atoms. The second-order valence-electron chi connectivity index (χ2n) is 4.67. The van der Waals surface area contributed by atoms with Crippen LogP contribution < -0.4 is 5.32 Å². The molecule has 1 N–H and O–H groups in total. The highest BCUT2D eigenvalue weighted by Crippen LogP contribution is 2.23. The first-order valence-corrected chi connectivity index (χ1v) is 6.61.